The summed E-state index contributed by atoms with van der Waals surface area (Å²) < 4.78 is 0. The summed E-state index contributed by atoms with van der Waals surface area (Å²) in [5, 5.41) is 10.7. The average Bonchev–Trinajstić information content (AvgIpc) is 3.26. The Bertz CT molecular complexity index is 2670. The second kappa shape index (κ2) is 15.8. The SMILES string of the molecule is CCC(C)/C(=C\C=C/C(C)c1cccc2ccccc12)c1ccc(-c2c3ccccc3c(-c3cccc4c(C5CCCCC5)cccc34)c3ccccc23)cc1. The predicted molar refractivity (Wildman–Crippen MR) is 245 cm³/mol. The van der Waals surface area contributed by atoms with Crippen molar-refractivity contribution in [3.8, 4) is 22.3 Å². The highest BCUT2D eigenvalue weighted by molar-refractivity contribution is 6.23. The molecule has 0 aliphatic heterocycles. The van der Waals surface area contributed by atoms with E-state index in [9.17, 15) is 0 Å². The van der Waals surface area contributed by atoms with Crippen LogP contribution in [-0.4, -0.2) is 0 Å². The molecule has 0 N–H and O–H groups in total. The molecule has 1 saturated carbocycles. The third kappa shape index (κ3) is 6.66. The molecule has 0 bridgehead atoms. The van der Waals surface area contributed by atoms with Gasteiger partial charge in [-0.2, -0.15) is 0 Å². The minimum atomic E-state index is 0.315. The lowest BCUT2D eigenvalue weighted by Gasteiger charge is -2.24. The first kappa shape index (κ1) is 35.9. The monoisotopic (exact) mass is 724 g/mol. The molecule has 0 spiro atoms. The summed E-state index contributed by atoms with van der Waals surface area (Å²) >= 11 is 0. The Balaban J connectivity index is 1.12. The van der Waals surface area contributed by atoms with Crippen molar-refractivity contribution in [3.63, 3.8) is 0 Å². The maximum Gasteiger partial charge on any atom is -0.000117 e. The van der Waals surface area contributed by atoms with E-state index in [1.54, 1.807) is 0 Å². The van der Waals surface area contributed by atoms with Gasteiger partial charge < -0.3 is 0 Å². The Morgan fingerprint density at radius 1 is 0.554 bits per heavy atom. The van der Waals surface area contributed by atoms with E-state index in [1.165, 1.54) is 120 Å². The van der Waals surface area contributed by atoms with Gasteiger partial charge >= 0.3 is 0 Å². The summed E-state index contributed by atoms with van der Waals surface area (Å²) in [6.45, 7) is 6.95. The molecule has 1 aliphatic carbocycles. The fourth-order valence-corrected chi connectivity index (χ4v) is 9.72. The molecule has 0 nitrogen and oxygen atoms in total. The first-order chi connectivity index (χ1) is 27.6. The molecule has 2 unspecified atom stereocenters. The summed E-state index contributed by atoms with van der Waals surface area (Å²) in [6, 6.07) is 57.1. The van der Waals surface area contributed by atoms with Crippen LogP contribution in [0.25, 0.3) is 70.9 Å². The molecular weight excluding hydrogens is 673 g/mol. The fourth-order valence-electron chi connectivity index (χ4n) is 9.72. The van der Waals surface area contributed by atoms with E-state index in [-0.39, 0.29) is 0 Å². The minimum absolute atomic E-state index is 0.315. The van der Waals surface area contributed by atoms with E-state index in [0.29, 0.717) is 17.8 Å². The van der Waals surface area contributed by atoms with Gasteiger partial charge in [0.1, 0.15) is 0 Å². The summed E-state index contributed by atoms with van der Waals surface area (Å²) in [7, 11) is 0. The van der Waals surface area contributed by atoms with Gasteiger partial charge in [-0.3, -0.25) is 0 Å². The van der Waals surface area contributed by atoms with Crippen LogP contribution in [0.4, 0.5) is 0 Å². The number of hydrogen-bond donors (Lipinski definition) is 0. The quantitative estimate of drug-likeness (QED) is 0.103. The van der Waals surface area contributed by atoms with E-state index in [4.69, 9.17) is 0 Å². The molecule has 0 heterocycles. The van der Waals surface area contributed by atoms with Crippen molar-refractivity contribution in [1.82, 2.24) is 0 Å². The van der Waals surface area contributed by atoms with Crippen LogP contribution in [0.15, 0.2) is 170 Å². The van der Waals surface area contributed by atoms with E-state index >= 15 is 0 Å². The first-order valence-electron chi connectivity index (χ1n) is 21.0. The molecule has 1 aliphatic rings. The summed E-state index contributed by atoms with van der Waals surface area (Å²) in [6.07, 6.45) is 14.8. The zero-order valence-corrected chi connectivity index (χ0v) is 33.1. The lowest BCUT2D eigenvalue weighted by molar-refractivity contribution is 0.445. The molecule has 0 radical (unpaired) electrons. The standard InChI is InChI=1S/C56H52/c1-4-38(2)44(28-14-18-39(3)45-29-15-22-41-21-8-9-23-46(41)45)42-34-36-43(37-35-42)55-51-24-10-12-26-53(51)56(54-27-13-11-25-52(54)55)50-33-17-31-48-47(30-16-32-49(48)50)40-19-6-5-7-20-40/h8-18,21-40H,4-7,19-20H2,1-3H3/b18-14-,44-28+. The van der Waals surface area contributed by atoms with E-state index in [0.717, 1.165) is 6.42 Å². The van der Waals surface area contributed by atoms with Crippen LogP contribution in [0.2, 0.25) is 0 Å². The Labute approximate surface area is 333 Å². The van der Waals surface area contributed by atoms with Gasteiger partial charge in [0.25, 0.3) is 0 Å². The van der Waals surface area contributed by atoms with Gasteiger partial charge in [0.05, 0.1) is 0 Å². The molecular formula is C56H52. The molecule has 8 aromatic rings. The smallest absolute Gasteiger partial charge is 0.000117 e. The Morgan fingerprint density at radius 2 is 1.12 bits per heavy atom. The predicted octanol–water partition coefficient (Wildman–Crippen LogP) is 16.5. The maximum absolute atomic E-state index is 2.40. The Kier molecular flexibility index (Phi) is 10.1. The summed E-state index contributed by atoms with van der Waals surface area (Å²) in [5.74, 6) is 1.42. The van der Waals surface area contributed by atoms with Crippen LogP contribution >= 0.6 is 0 Å². The first-order valence-corrected chi connectivity index (χ1v) is 21.0. The lowest BCUT2D eigenvalue weighted by Crippen LogP contribution is -2.05. The normalized spacial score (nSPS) is 15.3. The Hall–Kier alpha value is -5.72. The zero-order chi connectivity index (χ0) is 38.0. The number of fused-ring (bicyclic) bond motifs is 4. The number of allylic oxidation sites excluding steroid dienone is 4. The molecule has 0 amide bonds. The topological polar surface area (TPSA) is 0 Å². The lowest BCUT2D eigenvalue weighted by atomic mass is 9.80. The van der Waals surface area contributed by atoms with Crippen LogP contribution in [0.5, 0.6) is 0 Å². The molecule has 2 atom stereocenters. The highest BCUT2D eigenvalue weighted by Gasteiger charge is 2.21. The van der Waals surface area contributed by atoms with E-state index in [2.05, 4.69) is 191 Å². The zero-order valence-electron chi connectivity index (χ0n) is 33.1. The van der Waals surface area contributed by atoms with Gasteiger partial charge in [-0.1, -0.05) is 210 Å². The van der Waals surface area contributed by atoms with Crippen molar-refractivity contribution in [1.29, 1.82) is 0 Å². The average molecular weight is 725 g/mol. The third-order valence-corrected chi connectivity index (χ3v) is 12.8. The van der Waals surface area contributed by atoms with Crippen LogP contribution in [0.1, 0.15) is 87.8 Å². The second-order valence-corrected chi connectivity index (χ2v) is 16.2. The number of benzene rings is 8. The van der Waals surface area contributed by atoms with Crippen LogP contribution in [0.3, 0.4) is 0 Å². The third-order valence-electron chi connectivity index (χ3n) is 12.8. The fraction of sp³-hybridized carbons (Fsp3) is 0.214. The van der Waals surface area contributed by atoms with Gasteiger partial charge in [0.2, 0.25) is 0 Å². The van der Waals surface area contributed by atoms with Gasteiger partial charge in [0.15, 0.2) is 0 Å². The molecule has 0 aromatic heterocycles. The highest BCUT2D eigenvalue weighted by atomic mass is 14.3. The van der Waals surface area contributed by atoms with Gasteiger partial charge in [-0.15, -0.1) is 0 Å². The molecule has 276 valence electrons. The van der Waals surface area contributed by atoms with E-state index < -0.39 is 0 Å². The van der Waals surface area contributed by atoms with Gasteiger partial charge in [0, 0.05) is 0 Å². The number of hydrogen-bond acceptors (Lipinski definition) is 0. The van der Waals surface area contributed by atoms with Crippen molar-refractivity contribution < 1.29 is 0 Å². The van der Waals surface area contributed by atoms with Crippen molar-refractivity contribution in [3.05, 3.63) is 187 Å². The van der Waals surface area contributed by atoms with E-state index in [1.807, 2.05) is 0 Å². The van der Waals surface area contributed by atoms with Crippen LogP contribution in [-0.2, 0) is 0 Å². The van der Waals surface area contributed by atoms with Crippen molar-refractivity contribution in [2.75, 3.05) is 0 Å². The summed E-state index contributed by atoms with van der Waals surface area (Å²) in [5.41, 5.74) is 10.8. The summed E-state index contributed by atoms with van der Waals surface area (Å²) in [4.78, 5) is 0. The van der Waals surface area contributed by atoms with Crippen molar-refractivity contribution >= 4 is 48.7 Å². The molecule has 8 aromatic carbocycles. The molecule has 9 rings (SSSR count). The van der Waals surface area contributed by atoms with Gasteiger partial charge in [-0.25, -0.2) is 0 Å². The molecule has 56 heavy (non-hydrogen) atoms. The van der Waals surface area contributed by atoms with Crippen molar-refractivity contribution in [2.24, 2.45) is 5.92 Å². The Morgan fingerprint density at radius 3 is 1.82 bits per heavy atom. The second-order valence-electron chi connectivity index (χ2n) is 16.2. The van der Waals surface area contributed by atoms with Crippen LogP contribution < -0.4 is 0 Å². The molecule has 1 fully saturated rings. The largest absolute Gasteiger partial charge is 0.0773 e. The van der Waals surface area contributed by atoms with Crippen LogP contribution in [0, 0.1) is 5.92 Å². The van der Waals surface area contributed by atoms with Crippen molar-refractivity contribution in [2.45, 2.75) is 71.1 Å². The highest BCUT2D eigenvalue weighted by Crippen LogP contribution is 2.47. The molecule has 0 saturated heterocycles. The minimum Gasteiger partial charge on any atom is -0.0773 e. The maximum atomic E-state index is 2.40. The van der Waals surface area contributed by atoms with Gasteiger partial charge in [-0.05, 0) is 125 Å². The number of rotatable bonds is 9. The molecule has 0 heteroatoms.